The molecule has 0 radical (unpaired) electrons. The summed E-state index contributed by atoms with van der Waals surface area (Å²) in [5.41, 5.74) is 6.16. The molecule has 0 aromatic heterocycles. The van der Waals surface area contributed by atoms with Crippen molar-refractivity contribution in [2.75, 3.05) is 18.9 Å². The summed E-state index contributed by atoms with van der Waals surface area (Å²) in [5, 5.41) is 0. The van der Waals surface area contributed by atoms with Gasteiger partial charge in [0.15, 0.2) is 17.3 Å². The second-order valence-electron chi connectivity index (χ2n) is 4.54. The van der Waals surface area contributed by atoms with Gasteiger partial charge in [0, 0.05) is 15.6 Å². The van der Waals surface area contributed by atoms with Crippen molar-refractivity contribution < 1.29 is 18.7 Å². The summed E-state index contributed by atoms with van der Waals surface area (Å²) < 4.78 is 24.7. The van der Waals surface area contributed by atoms with E-state index < -0.39 is 5.82 Å². The lowest BCUT2D eigenvalue weighted by molar-refractivity contribution is 0.103. The van der Waals surface area contributed by atoms with Crippen LogP contribution in [0.15, 0.2) is 34.8 Å². The van der Waals surface area contributed by atoms with Crippen LogP contribution in [0.1, 0.15) is 15.9 Å². The predicted octanol–water partition coefficient (Wildman–Crippen LogP) is 3.17. The molecular weight excluding hydrogens is 341 g/mol. The zero-order valence-corrected chi connectivity index (χ0v) is 12.4. The van der Waals surface area contributed by atoms with Crippen LogP contribution < -0.4 is 15.2 Å². The Labute approximate surface area is 128 Å². The molecule has 0 saturated carbocycles. The lowest BCUT2D eigenvalue weighted by atomic mass is 10.0. The molecule has 0 bridgehead atoms. The van der Waals surface area contributed by atoms with Gasteiger partial charge in [-0.3, -0.25) is 4.79 Å². The van der Waals surface area contributed by atoms with Gasteiger partial charge in [-0.25, -0.2) is 4.39 Å². The lowest BCUT2D eigenvalue weighted by Gasteiger charge is -2.19. The minimum absolute atomic E-state index is 0.0606. The number of nitrogens with two attached hydrogens (primary N) is 1. The number of ketones is 1. The molecule has 0 aliphatic carbocycles. The van der Waals surface area contributed by atoms with E-state index >= 15 is 0 Å². The molecule has 2 aromatic rings. The Morgan fingerprint density at radius 3 is 2.48 bits per heavy atom. The first kappa shape index (κ1) is 13.9. The zero-order chi connectivity index (χ0) is 15.0. The molecule has 0 spiro atoms. The van der Waals surface area contributed by atoms with Crippen molar-refractivity contribution in [1.82, 2.24) is 0 Å². The van der Waals surface area contributed by atoms with E-state index in [1.165, 1.54) is 18.2 Å². The standard InChI is InChI=1S/C15H11BrFNO3/c16-10-7-14-13(20-3-4-21-14)6-9(10)15(19)8-1-2-11(17)12(18)5-8/h1-2,5-7H,3-4,18H2. The van der Waals surface area contributed by atoms with E-state index in [4.69, 9.17) is 15.2 Å². The van der Waals surface area contributed by atoms with Gasteiger partial charge in [0.1, 0.15) is 19.0 Å². The van der Waals surface area contributed by atoms with Crippen LogP contribution in [0.5, 0.6) is 11.5 Å². The maximum atomic E-state index is 13.2. The van der Waals surface area contributed by atoms with Crippen LogP contribution in [-0.4, -0.2) is 19.0 Å². The number of anilines is 1. The predicted molar refractivity (Wildman–Crippen MR) is 79.4 cm³/mol. The van der Waals surface area contributed by atoms with E-state index in [1.54, 1.807) is 12.1 Å². The quantitative estimate of drug-likeness (QED) is 0.666. The maximum Gasteiger partial charge on any atom is 0.194 e. The number of carbonyl (C=O) groups is 1. The molecule has 21 heavy (non-hydrogen) atoms. The third kappa shape index (κ3) is 2.58. The molecule has 0 saturated heterocycles. The molecular formula is C15H11BrFNO3. The number of benzene rings is 2. The van der Waals surface area contributed by atoms with Crippen LogP contribution in [0.2, 0.25) is 0 Å². The normalized spacial score (nSPS) is 13.0. The van der Waals surface area contributed by atoms with E-state index in [0.29, 0.717) is 40.3 Å². The van der Waals surface area contributed by atoms with E-state index in [9.17, 15) is 9.18 Å². The van der Waals surface area contributed by atoms with Crippen LogP contribution in [0, 0.1) is 5.82 Å². The summed E-state index contributed by atoms with van der Waals surface area (Å²) in [6.07, 6.45) is 0. The van der Waals surface area contributed by atoms with Crippen molar-refractivity contribution in [3.8, 4) is 11.5 Å². The van der Waals surface area contributed by atoms with Gasteiger partial charge >= 0.3 is 0 Å². The molecule has 108 valence electrons. The van der Waals surface area contributed by atoms with Crippen LogP contribution in [-0.2, 0) is 0 Å². The van der Waals surface area contributed by atoms with Crippen molar-refractivity contribution in [3.05, 3.63) is 51.7 Å². The monoisotopic (exact) mass is 351 g/mol. The first-order chi connectivity index (χ1) is 10.1. The van der Waals surface area contributed by atoms with Gasteiger partial charge in [0.05, 0.1) is 5.69 Å². The number of hydrogen-bond acceptors (Lipinski definition) is 4. The summed E-state index contributed by atoms with van der Waals surface area (Å²) in [6.45, 7) is 0.910. The molecule has 2 N–H and O–H groups in total. The van der Waals surface area contributed by atoms with Gasteiger partial charge in [-0.1, -0.05) is 0 Å². The van der Waals surface area contributed by atoms with Gasteiger partial charge in [-0.2, -0.15) is 0 Å². The smallest absolute Gasteiger partial charge is 0.194 e. The zero-order valence-electron chi connectivity index (χ0n) is 10.9. The fourth-order valence-corrected chi connectivity index (χ4v) is 2.58. The van der Waals surface area contributed by atoms with Crippen molar-refractivity contribution >= 4 is 27.4 Å². The highest BCUT2D eigenvalue weighted by atomic mass is 79.9. The summed E-state index contributed by atoms with van der Waals surface area (Å²) >= 11 is 3.34. The number of rotatable bonds is 2. The van der Waals surface area contributed by atoms with Gasteiger partial charge in [0.25, 0.3) is 0 Å². The van der Waals surface area contributed by atoms with Crippen molar-refractivity contribution in [2.24, 2.45) is 0 Å². The SMILES string of the molecule is Nc1cc(C(=O)c2cc3c(cc2Br)OCCO3)ccc1F. The molecule has 4 nitrogen and oxygen atoms in total. The van der Waals surface area contributed by atoms with Crippen LogP contribution in [0.4, 0.5) is 10.1 Å². The largest absolute Gasteiger partial charge is 0.486 e. The molecule has 1 aliphatic rings. The fourth-order valence-electron chi connectivity index (χ4n) is 2.08. The van der Waals surface area contributed by atoms with Crippen LogP contribution in [0.25, 0.3) is 0 Å². The van der Waals surface area contributed by atoms with Crippen molar-refractivity contribution in [1.29, 1.82) is 0 Å². The number of halogens is 2. The topological polar surface area (TPSA) is 61.6 Å². The average Bonchev–Trinajstić information content (AvgIpc) is 2.48. The first-order valence-corrected chi connectivity index (χ1v) is 7.04. The second-order valence-corrected chi connectivity index (χ2v) is 5.40. The molecule has 1 aliphatic heterocycles. The van der Waals surface area contributed by atoms with E-state index in [0.717, 1.165) is 0 Å². The number of nitrogen functional groups attached to an aromatic ring is 1. The van der Waals surface area contributed by atoms with E-state index in [1.807, 2.05) is 0 Å². The van der Waals surface area contributed by atoms with E-state index in [2.05, 4.69) is 15.9 Å². The van der Waals surface area contributed by atoms with Gasteiger partial charge in [-0.15, -0.1) is 0 Å². The molecule has 0 atom stereocenters. The third-order valence-corrected chi connectivity index (χ3v) is 3.79. The molecule has 0 amide bonds. The van der Waals surface area contributed by atoms with Crippen LogP contribution in [0.3, 0.4) is 0 Å². The summed E-state index contributed by atoms with van der Waals surface area (Å²) in [7, 11) is 0. The highest BCUT2D eigenvalue weighted by Crippen LogP contribution is 2.36. The molecule has 6 heteroatoms. The Bertz CT molecular complexity index is 733. The Morgan fingerprint density at radius 2 is 1.81 bits per heavy atom. The number of carbonyl (C=O) groups excluding carboxylic acids is 1. The van der Waals surface area contributed by atoms with Crippen molar-refractivity contribution in [3.63, 3.8) is 0 Å². The third-order valence-electron chi connectivity index (χ3n) is 3.13. The first-order valence-electron chi connectivity index (χ1n) is 6.25. The van der Waals surface area contributed by atoms with Gasteiger partial charge in [-0.05, 0) is 46.3 Å². The van der Waals surface area contributed by atoms with Crippen LogP contribution >= 0.6 is 15.9 Å². The van der Waals surface area contributed by atoms with E-state index in [-0.39, 0.29) is 11.5 Å². The number of fused-ring (bicyclic) bond motifs is 1. The number of ether oxygens (including phenoxy) is 2. The lowest BCUT2D eigenvalue weighted by Crippen LogP contribution is -2.16. The summed E-state index contributed by atoms with van der Waals surface area (Å²) in [6, 6.07) is 7.20. The molecule has 1 heterocycles. The Morgan fingerprint density at radius 1 is 1.14 bits per heavy atom. The number of hydrogen-bond donors (Lipinski definition) is 1. The minimum Gasteiger partial charge on any atom is -0.486 e. The van der Waals surface area contributed by atoms with Gasteiger partial charge in [0.2, 0.25) is 0 Å². The Kier molecular flexibility index (Phi) is 3.55. The molecule has 2 aromatic carbocycles. The highest BCUT2D eigenvalue weighted by molar-refractivity contribution is 9.10. The Balaban J connectivity index is 2.03. The fraction of sp³-hybridized carbons (Fsp3) is 0.133. The minimum atomic E-state index is -0.548. The van der Waals surface area contributed by atoms with Gasteiger partial charge < -0.3 is 15.2 Å². The van der Waals surface area contributed by atoms with Crippen molar-refractivity contribution in [2.45, 2.75) is 0 Å². The molecule has 0 fully saturated rings. The maximum absolute atomic E-state index is 13.2. The average molecular weight is 352 g/mol. The summed E-state index contributed by atoms with van der Waals surface area (Å²) in [4.78, 5) is 12.5. The summed E-state index contributed by atoms with van der Waals surface area (Å²) in [5.74, 6) is 0.282. The highest BCUT2D eigenvalue weighted by Gasteiger charge is 2.20. The second kappa shape index (κ2) is 5.37. The molecule has 0 unspecified atom stereocenters. The Hall–Kier alpha value is -2.08. The molecule has 3 rings (SSSR count).